The van der Waals surface area contributed by atoms with Gasteiger partial charge in [0.25, 0.3) is 0 Å². The predicted octanol–water partition coefficient (Wildman–Crippen LogP) is 2.40. The van der Waals surface area contributed by atoms with Crippen molar-refractivity contribution in [2.45, 2.75) is 19.8 Å². The zero-order valence-corrected chi connectivity index (χ0v) is 4.85. The molecule has 0 rings (SSSR count). The van der Waals surface area contributed by atoms with E-state index in [0.717, 1.165) is 0 Å². The third kappa shape index (κ3) is 4.43. The van der Waals surface area contributed by atoms with E-state index in [9.17, 15) is 0 Å². The summed E-state index contributed by atoms with van der Waals surface area (Å²) in [6.45, 7) is 2.20. The van der Waals surface area contributed by atoms with Gasteiger partial charge >= 0.3 is 0 Å². The monoisotopic (exact) mass is 96.1 g/mol. The SMILES string of the molecule is CCCCP.[HH].[HH].[HH]. The number of hydrogen-bond acceptors (Lipinski definition) is 0. The van der Waals surface area contributed by atoms with Crippen molar-refractivity contribution in [2.24, 2.45) is 0 Å². The maximum absolute atomic E-state index is 2.70. The molecule has 0 aliphatic heterocycles. The van der Waals surface area contributed by atoms with Crippen molar-refractivity contribution in [3.63, 3.8) is 0 Å². The van der Waals surface area contributed by atoms with Gasteiger partial charge in [0.2, 0.25) is 0 Å². The Kier molecular flexibility index (Phi) is 4.81. The van der Waals surface area contributed by atoms with Crippen molar-refractivity contribution in [2.75, 3.05) is 6.16 Å². The van der Waals surface area contributed by atoms with E-state index in [1.54, 1.807) is 0 Å². The summed E-state index contributed by atoms with van der Waals surface area (Å²) in [6.07, 6.45) is 3.94. The second-order valence-corrected chi connectivity index (χ2v) is 1.72. The van der Waals surface area contributed by atoms with Crippen LogP contribution >= 0.6 is 9.24 Å². The second-order valence-electron chi connectivity index (χ2n) is 1.14. The molecule has 1 unspecified atom stereocenters. The lowest BCUT2D eigenvalue weighted by molar-refractivity contribution is 0.897. The molecule has 0 spiro atoms. The van der Waals surface area contributed by atoms with E-state index in [1.807, 2.05) is 0 Å². The minimum absolute atomic E-state index is 0. The van der Waals surface area contributed by atoms with Gasteiger partial charge in [0.05, 0.1) is 0 Å². The summed E-state index contributed by atoms with van der Waals surface area (Å²) in [5.41, 5.74) is 0. The highest BCUT2D eigenvalue weighted by atomic mass is 31.0. The maximum Gasteiger partial charge on any atom is 0 e. The molecule has 0 aromatic rings. The Bertz CT molecular complexity index is 18.8. The van der Waals surface area contributed by atoms with Crippen molar-refractivity contribution in [3.05, 3.63) is 0 Å². The van der Waals surface area contributed by atoms with Crippen LogP contribution in [0.25, 0.3) is 0 Å². The van der Waals surface area contributed by atoms with Gasteiger partial charge in [0, 0.05) is 4.28 Å². The molecule has 0 saturated heterocycles. The van der Waals surface area contributed by atoms with Gasteiger partial charge in [0.1, 0.15) is 0 Å². The minimum Gasteiger partial charge on any atom is -0.138 e. The zero-order chi connectivity index (χ0) is 4.12. The quantitative estimate of drug-likeness (QED) is 0.463. The Labute approximate surface area is 40.6 Å². The van der Waals surface area contributed by atoms with E-state index in [4.69, 9.17) is 0 Å². The third-order valence-electron chi connectivity index (χ3n) is 0.558. The van der Waals surface area contributed by atoms with Crippen molar-refractivity contribution in [1.82, 2.24) is 0 Å². The first-order chi connectivity index (χ1) is 2.41. The van der Waals surface area contributed by atoms with Gasteiger partial charge in [-0.3, -0.25) is 0 Å². The van der Waals surface area contributed by atoms with Gasteiger partial charge in [-0.1, -0.05) is 19.8 Å². The van der Waals surface area contributed by atoms with Crippen LogP contribution < -0.4 is 0 Å². The van der Waals surface area contributed by atoms with Crippen LogP contribution in [0.1, 0.15) is 24.0 Å². The molecule has 0 fully saturated rings. The van der Waals surface area contributed by atoms with E-state index in [-0.39, 0.29) is 4.28 Å². The molecule has 38 valence electrons. The molecule has 0 saturated carbocycles. The fraction of sp³-hybridized carbons (Fsp3) is 1.00. The van der Waals surface area contributed by atoms with Crippen LogP contribution in [0.5, 0.6) is 0 Å². The number of rotatable bonds is 2. The molecule has 0 aliphatic carbocycles. The van der Waals surface area contributed by atoms with Crippen molar-refractivity contribution >= 4 is 9.24 Å². The summed E-state index contributed by atoms with van der Waals surface area (Å²) in [4.78, 5) is 0. The van der Waals surface area contributed by atoms with Gasteiger partial charge < -0.3 is 0 Å². The van der Waals surface area contributed by atoms with Crippen molar-refractivity contribution < 1.29 is 4.28 Å². The van der Waals surface area contributed by atoms with Crippen LogP contribution in [0.2, 0.25) is 0 Å². The van der Waals surface area contributed by atoms with Crippen molar-refractivity contribution in [3.8, 4) is 0 Å². The summed E-state index contributed by atoms with van der Waals surface area (Å²) in [6, 6.07) is 0. The highest BCUT2D eigenvalue weighted by molar-refractivity contribution is 7.16. The zero-order valence-electron chi connectivity index (χ0n) is 3.70. The van der Waals surface area contributed by atoms with Crippen LogP contribution in [0, 0.1) is 0 Å². The normalized spacial score (nSPS) is 8.40. The largest absolute Gasteiger partial charge is 0.138 e. The molecule has 0 heterocycles. The summed E-state index contributed by atoms with van der Waals surface area (Å²) in [5, 5.41) is 0. The number of unbranched alkanes of at least 4 members (excludes halogenated alkanes) is 1. The highest BCUT2D eigenvalue weighted by Gasteiger charge is 1.68. The Morgan fingerprint density at radius 1 is 1.80 bits per heavy atom. The van der Waals surface area contributed by atoms with Crippen LogP contribution in [0.3, 0.4) is 0 Å². The highest BCUT2D eigenvalue weighted by Crippen LogP contribution is 1.89. The van der Waals surface area contributed by atoms with E-state index in [0.29, 0.717) is 0 Å². The minimum atomic E-state index is 0. The first-order valence-electron chi connectivity index (χ1n) is 2.12. The van der Waals surface area contributed by atoms with Crippen LogP contribution in [0.15, 0.2) is 0 Å². The smallest absolute Gasteiger partial charge is 0 e. The summed E-state index contributed by atoms with van der Waals surface area (Å²) in [7, 11) is 2.70. The first kappa shape index (κ1) is 5.43. The summed E-state index contributed by atoms with van der Waals surface area (Å²) < 4.78 is 0. The van der Waals surface area contributed by atoms with E-state index < -0.39 is 0 Å². The molecule has 0 nitrogen and oxygen atoms in total. The molecule has 0 bridgehead atoms. The van der Waals surface area contributed by atoms with Gasteiger partial charge in [-0.25, -0.2) is 0 Å². The molecule has 0 aromatic carbocycles. The first-order valence-corrected chi connectivity index (χ1v) is 2.93. The molecule has 5 heavy (non-hydrogen) atoms. The lowest BCUT2D eigenvalue weighted by atomic mass is 10.4. The van der Waals surface area contributed by atoms with Gasteiger partial charge in [-0.2, -0.15) is 0 Å². The Balaban J connectivity index is -0.0000000267. The Morgan fingerprint density at radius 3 is 2.40 bits per heavy atom. The average Bonchev–Trinajstić information content (AvgIpc) is 1.41. The van der Waals surface area contributed by atoms with Crippen molar-refractivity contribution in [1.29, 1.82) is 0 Å². The van der Waals surface area contributed by atoms with Crippen LogP contribution in [-0.4, -0.2) is 6.16 Å². The van der Waals surface area contributed by atoms with E-state index in [1.165, 1.54) is 19.0 Å². The molecule has 0 N–H and O–H groups in total. The van der Waals surface area contributed by atoms with Gasteiger partial charge in [-0.15, -0.1) is 9.24 Å². The lowest BCUT2D eigenvalue weighted by Gasteiger charge is -1.79. The molecule has 0 aromatic heterocycles. The maximum atomic E-state index is 2.70. The molecule has 0 amide bonds. The second kappa shape index (κ2) is 4.43. The predicted molar refractivity (Wildman–Crippen MR) is 35.8 cm³/mol. The molecule has 1 atom stereocenters. The van der Waals surface area contributed by atoms with Crippen LogP contribution in [0.4, 0.5) is 0 Å². The van der Waals surface area contributed by atoms with E-state index in [2.05, 4.69) is 16.2 Å². The van der Waals surface area contributed by atoms with Gasteiger partial charge in [-0.05, 0) is 6.16 Å². The Hall–Kier alpha value is 0.430. The Morgan fingerprint density at radius 2 is 2.40 bits per heavy atom. The molecular formula is C4H17P. The average molecular weight is 96.2 g/mol. The summed E-state index contributed by atoms with van der Waals surface area (Å²) in [5.74, 6) is 0. The van der Waals surface area contributed by atoms with Gasteiger partial charge in [0.15, 0.2) is 0 Å². The molecule has 0 aliphatic rings. The van der Waals surface area contributed by atoms with E-state index >= 15 is 0 Å². The fourth-order valence-electron chi connectivity index (χ4n) is 0.204. The molecular weight excluding hydrogens is 79.0 g/mol. The lowest BCUT2D eigenvalue weighted by Crippen LogP contribution is -1.64. The third-order valence-corrected chi connectivity index (χ3v) is 0.966. The fourth-order valence-corrected chi connectivity index (χ4v) is 0.612. The molecule has 0 radical (unpaired) electrons. The topological polar surface area (TPSA) is 0 Å². The molecule has 1 heteroatoms. The standard InChI is InChI=1S/C4H11P.3H2/c1-2-3-4-5;;;/h2-5H2,1H3;3*1H. The number of hydrogen-bond donors (Lipinski definition) is 0. The van der Waals surface area contributed by atoms with Crippen LogP contribution in [-0.2, 0) is 0 Å². The summed E-state index contributed by atoms with van der Waals surface area (Å²) >= 11 is 0.